The van der Waals surface area contributed by atoms with E-state index in [1.165, 1.54) is 49.6 Å². The molecule has 0 saturated carbocycles. The second-order valence-electron chi connectivity index (χ2n) is 7.98. The lowest BCUT2D eigenvalue weighted by Crippen LogP contribution is -2.09. The molecule has 1 aromatic heterocycles. The maximum Gasteiger partial charge on any atom is 0.0541 e. The van der Waals surface area contributed by atoms with Crippen LogP contribution in [0.3, 0.4) is 0 Å². The molecule has 1 heterocycles. The first-order valence-electron chi connectivity index (χ1n) is 10.6. The third-order valence-electron chi connectivity index (χ3n) is 6.20. The van der Waals surface area contributed by atoms with Crippen molar-refractivity contribution < 1.29 is 0 Å². The molecule has 0 atom stereocenters. The van der Waals surface area contributed by atoms with E-state index in [1.807, 2.05) is 0 Å². The van der Waals surface area contributed by atoms with Gasteiger partial charge in [-0.15, -0.1) is 0 Å². The number of hydrogen-bond acceptors (Lipinski definition) is 1. The van der Waals surface area contributed by atoms with Gasteiger partial charge in [0.05, 0.1) is 11.0 Å². The van der Waals surface area contributed by atoms with Gasteiger partial charge in [-0.25, -0.2) is 0 Å². The summed E-state index contributed by atoms with van der Waals surface area (Å²) in [7, 11) is 2.12. The monoisotopic (exact) mass is 398 g/mol. The summed E-state index contributed by atoms with van der Waals surface area (Å²) in [4.78, 5) is 2.24. The van der Waals surface area contributed by atoms with Crippen LogP contribution in [0, 0.1) is 0 Å². The van der Waals surface area contributed by atoms with Crippen LogP contribution in [0.4, 0.5) is 11.4 Å². The van der Waals surface area contributed by atoms with Crippen LogP contribution in [0.5, 0.6) is 0 Å². The summed E-state index contributed by atoms with van der Waals surface area (Å²) in [6.45, 7) is 0. The van der Waals surface area contributed by atoms with Crippen molar-refractivity contribution >= 4 is 44.0 Å². The van der Waals surface area contributed by atoms with E-state index < -0.39 is 0 Å². The molecule has 0 aliphatic rings. The standard InChI is InChI=1S/C29H22N2/c1-30(25-15-14-21-8-2-3-9-22(21)20-25)23-16-18-24(19-17-23)31-28-12-6-4-10-26(28)27-11-5-7-13-29(27)31/h2-20H,1H3. The number of hydrogen-bond donors (Lipinski definition) is 0. The molecular formula is C29H22N2. The highest BCUT2D eigenvalue weighted by Crippen LogP contribution is 2.33. The van der Waals surface area contributed by atoms with Crippen molar-refractivity contribution in [3.8, 4) is 5.69 Å². The minimum Gasteiger partial charge on any atom is -0.345 e. The lowest BCUT2D eigenvalue weighted by atomic mass is 10.1. The van der Waals surface area contributed by atoms with Gasteiger partial charge in [0.1, 0.15) is 0 Å². The number of aromatic nitrogens is 1. The molecule has 0 radical (unpaired) electrons. The van der Waals surface area contributed by atoms with Crippen molar-refractivity contribution in [1.82, 2.24) is 4.57 Å². The van der Waals surface area contributed by atoms with E-state index in [4.69, 9.17) is 0 Å². The van der Waals surface area contributed by atoms with Gasteiger partial charge in [-0.3, -0.25) is 0 Å². The fourth-order valence-corrected chi connectivity index (χ4v) is 4.56. The van der Waals surface area contributed by atoms with Crippen LogP contribution in [0.15, 0.2) is 115 Å². The van der Waals surface area contributed by atoms with Gasteiger partial charge in [-0.05, 0) is 59.3 Å². The molecule has 6 rings (SSSR count). The smallest absolute Gasteiger partial charge is 0.0541 e. The highest BCUT2D eigenvalue weighted by Gasteiger charge is 2.12. The van der Waals surface area contributed by atoms with Crippen molar-refractivity contribution in [3.05, 3.63) is 115 Å². The van der Waals surface area contributed by atoms with Gasteiger partial charge < -0.3 is 9.47 Å². The fourth-order valence-electron chi connectivity index (χ4n) is 4.56. The molecule has 0 fully saturated rings. The summed E-state index contributed by atoms with van der Waals surface area (Å²) in [5.41, 5.74) is 6.00. The van der Waals surface area contributed by atoms with E-state index in [0.717, 1.165) is 0 Å². The van der Waals surface area contributed by atoms with Crippen molar-refractivity contribution in [1.29, 1.82) is 0 Å². The second-order valence-corrected chi connectivity index (χ2v) is 7.98. The Bertz CT molecular complexity index is 1490. The third kappa shape index (κ3) is 2.88. The molecule has 0 amide bonds. The molecule has 0 saturated heterocycles. The van der Waals surface area contributed by atoms with Crippen molar-refractivity contribution in [2.75, 3.05) is 11.9 Å². The SMILES string of the molecule is CN(c1ccc(-n2c3ccccc3c3ccccc32)cc1)c1ccc2ccccc2c1. The van der Waals surface area contributed by atoms with E-state index >= 15 is 0 Å². The van der Waals surface area contributed by atoms with Crippen LogP contribution in [-0.2, 0) is 0 Å². The van der Waals surface area contributed by atoms with Gasteiger partial charge >= 0.3 is 0 Å². The van der Waals surface area contributed by atoms with Gasteiger partial charge in [0.15, 0.2) is 0 Å². The first-order chi connectivity index (χ1) is 15.3. The minimum absolute atomic E-state index is 1.17. The number of rotatable bonds is 3. The minimum atomic E-state index is 1.17. The summed E-state index contributed by atoms with van der Waals surface area (Å²) < 4.78 is 2.35. The Morgan fingerprint density at radius 2 is 1.06 bits per heavy atom. The fraction of sp³-hybridized carbons (Fsp3) is 0.0345. The predicted octanol–water partition coefficient (Wildman–Crippen LogP) is 7.70. The molecule has 0 N–H and O–H groups in total. The predicted molar refractivity (Wildman–Crippen MR) is 133 cm³/mol. The van der Waals surface area contributed by atoms with Gasteiger partial charge in [0.25, 0.3) is 0 Å². The zero-order valence-corrected chi connectivity index (χ0v) is 17.4. The summed E-state index contributed by atoms with van der Waals surface area (Å²) in [6.07, 6.45) is 0. The first-order valence-corrected chi connectivity index (χ1v) is 10.6. The van der Waals surface area contributed by atoms with Crippen LogP contribution in [0.1, 0.15) is 0 Å². The molecule has 2 nitrogen and oxygen atoms in total. The van der Waals surface area contributed by atoms with Gasteiger partial charge in [0.2, 0.25) is 0 Å². The highest BCUT2D eigenvalue weighted by atomic mass is 15.1. The molecule has 31 heavy (non-hydrogen) atoms. The van der Waals surface area contributed by atoms with Gasteiger partial charge in [-0.1, -0.05) is 66.7 Å². The molecule has 0 bridgehead atoms. The molecule has 2 heteroatoms. The van der Waals surface area contributed by atoms with E-state index in [1.54, 1.807) is 0 Å². The number of benzene rings is 5. The lowest BCUT2D eigenvalue weighted by molar-refractivity contribution is 1.16. The van der Waals surface area contributed by atoms with Crippen LogP contribution >= 0.6 is 0 Å². The Kier molecular flexibility index (Phi) is 4.03. The first kappa shape index (κ1) is 17.8. The molecule has 6 aromatic rings. The highest BCUT2D eigenvalue weighted by molar-refractivity contribution is 6.09. The van der Waals surface area contributed by atoms with Crippen molar-refractivity contribution in [3.63, 3.8) is 0 Å². The average molecular weight is 399 g/mol. The Hall–Kier alpha value is -4.04. The summed E-state index contributed by atoms with van der Waals surface area (Å²) in [5.74, 6) is 0. The van der Waals surface area contributed by atoms with Crippen molar-refractivity contribution in [2.24, 2.45) is 0 Å². The van der Waals surface area contributed by atoms with Crippen LogP contribution < -0.4 is 4.90 Å². The van der Waals surface area contributed by atoms with E-state index in [0.29, 0.717) is 0 Å². The molecule has 0 unspecified atom stereocenters. The molecule has 0 aliphatic carbocycles. The van der Waals surface area contributed by atoms with E-state index in [2.05, 4.69) is 132 Å². The van der Waals surface area contributed by atoms with E-state index in [-0.39, 0.29) is 0 Å². The summed E-state index contributed by atoms with van der Waals surface area (Å²) in [5, 5.41) is 5.10. The van der Waals surface area contributed by atoms with Crippen molar-refractivity contribution in [2.45, 2.75) is 0 Å². The maximum atomic E-state index is 2.35. The number of para-hydroxylation sites is 2. The summed E-state index contributed by atoms with van der Waals surface area (Å²) in [6, 6.07) is 41.2. The zero-order valence-electron chi connectivity index (χ0n) is 17.4. The molecule has 148 valence electrons. The van der Waals surface area contributed by atoms with Crippen LogP contribution in [0.2, 0.25) is 0 Å². The normalized spacial score (nSPS) is 11.4. The van der Waals surface area contributed by atoms with Gasteiger partial charge in [0, 0.05) is 34.9 Å². The Morgan fingerprint density at radius 3 is 1.74 bits per heavy atom. The maximum absolute atomic E-state index is 2.35. The zero-order chi connectivity index (χ0) is 20.8. The Labute approximate surface area is 181 Å². The van der Waals surface area contributed by atoms with E-state index in [9.17, 15) is 0 Å². The van der Waals surface area contributed by atoms with Gasteiger partial charge in [-0.2, -0.15) is 0 Å². The summed E-state index contributed by atoms with van der Waals surface area (Å²) >= 11 is 0. The Morgan fingerprint density at radius 1 is 0.516 bits per heavy atom. The topological polar surface area (TPSA) is 8.17 Å². The lowest BCUT2D eigenvalue weighted by Gasteiger charge is -2.20. The average Bonchev–Trinajstić information content (AvgIpc) is 3.18. The quantitative estimate of drug-likeness (QED) is 0.296. The van der Waals surface area contributed by atoms with Crippen LogP contribution in [0.25, 0.3) is 38.3 Å². The van der Waals surface area contributed by atoms with Crippen LogP contribution in [-0.4, -0.2) is 11.6 Å². The number of fused-ring (bicyclic) bond motifs is 4. The molecule has 0 aliphatic heterocycles. The largest absolute Gasteiger partial charge is 0.345 e. The Balaban J connectivity index is 1.42. The second kappa shape index (κ2) is 7.03. The molecule has 0 spiro atoms. The molecular weight excluding hydrogens is 376 g/mol. The molecule has 5 aromatic carbocycles. The number of nitrogens with zero attached hydrogens (tertiary/aromatic N) is 2. The third-order valence-corrected chi connectivity index (χ3v) is 6.20. The number of anilines is 2.